The summed E-state index contributed by atoms with van der Waals surface area (Å²) in [4.78, 5) is 8.47. The van der Waals surface area contributed by atoms with Crippen LogP contribution in [0.5, 0.6) is 5.88 Å². The largest absolute Gasteiger partial charge is 0.478 e. The van der Waals surface area contributed by atoms with Crippen LogP contribution in [-0.2, 0) is 0 Å². The molecule has 0 bridgehead atoms. The molecule has 0 fully saturated rings. The molecule has 2 aromatic rings. The van der Waals surface area contributed by atoms with Gasteiger partial charge in [0.15, 0.2) is 0 Å². The maximum Gasteiger partial charge on any atom is 0.226 e. The molecule has 0 aliphatic carbocycles. The Morgan fingerprint density at radius 3 is 2.89 bits per heavy atom. The van der Waals surface area contributed by atoms with Gasteiger partial charge in [-0.05, 0) is 32.4 Å². The van der Waals surface area contributed by atoms with Gasteiger partial charge >= 0.3 is 0 Å². The number of aromatic nitrogens is 2. The molecule has 0 saturated carbocycles. The molecule has 5 nitrogen and oxygen atoms in total. The third-order valence-electron chi connectivity index (χ3n) is 2.62. The van der Waals surface area contributed by atoms with Gasteiger partial charge in [0.1, 0.15) is 11.5 Å². The summed E-state index contributed by atoms with van der Waals surface area (Å²) in [7, 11) is 0. The number of furan rings is 1. The molecule has 102 valence electrons. The van der Waals surface area contributed by atoms with Gasteiger partial charge in [0.25, 0.3) is 0 Å². The second kappa shape index (κ2) is 6.22. The first kappa shape index (κ1) is 13.4. The number of nitrogens with one attached hydrogen (secondary N) is 1. The molecule has 0 saturated heterocycles. The molecular weight excluding hydrogens is 242 g/mol. The van der Waals surface area contributed by atoms with Crippen molar-refractivity contribution < 1.29 is 9.15 Å². The first-order chi connectivity index (χ1) is 9.19. The highest BCUT2D eigenvalue weighted by Gasteiger charge is 2.11. The number of ether oxygens (including phenoxy) is 1. The Kier molecular flexibility index (Phi) is 4.39. The molecule has 0 aliphatic heterocycles. The van der Waals surface area contributed by atoms with E-state index in [1.165, 1.54) is 0 Å². The minimum absolute atomic E-state index is 0.00938. The zero-order valence-electron chi connectivity index (χ0n) is 11.5. The average molecular weight is 261 g/mol. The molecule has 0 spiro atoms. The predicted molar refractivity (Wildman–Crippen MR) is 73.3 cm³/mol. The van der Waals surface area contributed by atoms with Crippen LogP contribution in [0.1, 0.15) is 37.8 Å². The Hall–Kier alpha value is -2.04. The normalized spacial score (nSPS) is 12.2. The topological polar surface area (TPSA) is 60.2 Å². The molecule has 0 radical (unpaired) electrons. The van der Waals surface area contributed by atoms with Gasteiger partial charge in [-0.25, -0.2) is 4.98 Å². The molecule has 0 aromatic carbocycles. The molecule has 1 unspecified atom stereocenters. The molecule has 0 amide bonds. The standard InChI is InChI=1S/C14H19N3O2/c1-4-9-18-13-7-8-15-14(17-13)16-11(3)12-6-5-10(2)19-12/h5-8,11H,4,9H2,1-3H3,(H,15,16,17). The van der Waals surface area contributed by atoms with Crippen LogP contribution in [0.15, 0.2) is 28.8 Å². The first-order valence-corrected chi connectivity index (χ1v) is 6.47. The van der Waals surface area contributed by atoms with Crippen molar-refractivity contribution in [3.05, 3.63) is 35.9 Å². The fraction of sp³-hybridized carbons (Fsp3) is 0.429. The van der Waals surface area contributed by atoms with Crippen molar-refractivity contribution in [3.8, 4) is 5.88 Å². The van der Waals surface area contributed by atoms with Crippen LogP contribution >= 0.6 is 0 Å². The molecule has 1 atom stereocenters. The second-order valence-corrected chi connectivity index (χ2v) is 4.38. The van der Waals surface area contributed by atoms with Gasteiger partial charge in [-0.1, -0.05) is 6.92 Å². The molecule has 1 N–H and O–H groups in total. The number of hydrogen-bond acceptors (Lipinski definition) is 5. The lowest BCUT2D eigenvalue weighted by Gasteiger charge is -2.12. The second-order valence-electron chi connectivity index (χ2n) is 4.38. The lowest BCUT2D eigenvalue weighted by Crippen LogP contribution is -2.09. The molecule has 2 rings (SSSR count). The zero-order valence-corrected chi connectivity index (χ0v) is 11.5. The minimum Gasteiger partial charge on any atom is -0.478 e. The van der Waals surface area contributed by atoms with E-state index < -0.39 is 0 Å². The van der Waals surface area contributed by atoms with E-state index in [0.717, 1.165) is 17.9 Å². The quantitative estimate of drug-likeness (QED) is 0.864. The third kappa shape index (κ3) is 3.71. The summed E-state index contributed by atoms with van der Waals surface area (Å²) in [5.41, 5.74) is 0. The first-order valence-electron chi connectivity index (χ1n) is 6.47. The fourth-order valence-corrected chi connectivity index (χ4v) is 1.65. The maximum absolute atomic E-state index is 5.56. The zero-order chi connectivity index (χ0) is 13.7. The third-order valence-corrected chi connectivity index (χ3v) is 2.62. The fourth-order valence-electron chi connectivity index (χ4n) is 1.65. The van der Waals surface area contributed by atoms with E-state index in [1.807, 2.05) is 26.0 Å². The van der Waals surface area contributed by atoms with Crippen LogP contribution in [-0.4, -0.2) is 16.6 Å². The summed E-state index contributed by atoms with van der Waals surface area (Å²) < 4.78 is 11.0. The van der Waals surface area contributed by atoms with Crippen LogP contribution < -0.4 is 10.1 Å². The molecular formula is C14H19N3O2. The number of rotatable bonds is 6. The highest BCUT2D eigenvalue weighted by Crippen LogP contribution is 2.20. The van der Waals surface area contributed by atoms with Gasteiger partial charge in [0.2, 0.25) is 11.8 Å². The highest BCUT2D eigenvalue weighted by atomic mass is 16.5. The predicted octanol–water partition coefficient (Wildman–Crippen LogP) is 3.34. The number of aryl methyl sites for hydroxylation is 1. The van der Waals surface area contributed by atoms with Crippen LogP contribution in [0.4, 0.5) is 5.95 Å². The Labute approximate surface area is 113 Å². The van der Waals surface area contributed by atoms with Crippen molar-refractivity contribution in [2.24, 2.45) is 0 Å². The minimum atomic E-state index is 0.00938. The van der Waals surface area contributed by atoms with Crippen molar-refractivity contribution >= 4 is 5.95 Å². The van der Waals surface area contributed by atoms with E-state index >= 15 is 0 Å². The van der Waals surface area contributed by atoms with E-state index in [0.29, 0.717) is 18.4 Å². The van der Waals surface area contributed by atoms with Crippen molar-refractivity contribution in [2.45, 2.75) is 33.2 Å². The van der Waals surface area contributed by atoms with Gasteiger partial charge in [-0.2, -0.15) is 4.98 Å². The summed E-state index contributed by atoms with van der Waals surface area (Å²) in [5, 5.41) is 3.19. The Morgan fingerprint density at radius 1 is 1.37 bits per heavy atom. The van der Waals surface area contributed by atoms with Crippen LogP contribution in [0, 0.1) is 6.92 Å². The van der Waals surface area contributed by atoms with Crippen molar-refractivity contribution in [2.75, 3.05) is 11.9 Å². The number of anilines is 1. The van der Waals surface area contributed by atoms with E-state index in [9.17, 15) is 0 Å². The van der Waals surface area contributed by atoms with Crippen molar-refractivity contribution in [1.29, 1.82) is 0 Å². The number of hydrogen-bond donors (Lipinski definition) is 1. The van der Waals surface area contributed by atoms with Crippen LogP contribution in [0.25, 0.3) is 0 Å². The van der Waals surface area contributed by atoms with Gasteiger partial charge in [0, 0.05) is 12.3 Å². The molecule has 19 heavy (non-hydrogen) atoms. The molecule has 5 heteroatoms. The lowest BCUT2D eigenvalue weighted by atomic mass is 10.2. The SMILES string of the molecule is CCCOc1ccnc(NC(C)c2ccc(C)o2)n1. The van der Waals surface area contributed by atoms with Gasteiger partial charge in [-0.3, -0.25) is 0 Å². The monoisotopic (exact) mass is 261 g/mol. The summed E-state index contributed by atoms with van der Waals surface area (Å²) >= 11 is 0. The van der Waals surface area contributed by atoms with E-state index in [1.54, 1.807) is 12.3 Å². The maximum atomic E-state index is 5.56. The molecule has 2 heterocycles. The molecule has 0 aliphatic rings. The Bertz CT molecular complexity index is 525. The van der Waals surface area contributed by atoms with Crippen LogP contribution in [0.3, 0.4) is 0 Å². The highest BCUT2D eigenvalue weighted by molar-refractivity contribution is 5.30. The van der Waals surface area contributed by atoms with Gasteiger partial charge < -0.3 is 14.5 Å². The summed E-state index contributed by atoms with van der Waals surface area (Å²) in [6.07, 6.45) is 2.63. The average Bonchev–Trinajstić information content (AvgIpc) is 2.83. The van der Waals surface area contributed by atoms with Gasteiger partial charge in [-0.15, -0.1) is 0 Å². The smallest absolute Gasteiger partial charge is 0.226 e. The summed E-state index contributed by atoms with van der Waals surface area (Å²) in [5.74, 6) is 2.88. The van der Waals surface area contributed by atoms with E-state index in [2.05, 4.69) is 22.2 Å². The summed E-state index contributed by atoms with van der Waals surface area (Å²) in [6, 6.07) is 5.65. The number of nitrogens with zero attached hydrogens (tertiary/aromatic N) is 2. The molecule has 2 aromatic heterocycles. The Balaban J connectivity index is 2.02. The summed E-state index contributed by atoms with van der Waals surface area (Å²) in [6.45, 7) is 6.64. The Morgan fingerprint density at radius 2 is 2.21 bits per heavy atom. The van der Waals surface area contributed by atoms with E-state index in [4.69, 9.17) is 9.15 Å². The van der Waals surface area contributed by atoms with Crippen LogP contribution in [0.2, 0.25) is 0 Å². The van der Waals surface area contributed by atoms with Gasteiger partial charge in [0.05, 0.1) is 12.6 Å². The van der Waals surface area contributed by atoms with Crippen molar-refractivity contribution in [3.63, 3.8) is 0 Å². The van der Waals surface area contributed by atoms with E-state index in [-0.39, 0.29) is 6.04 Å². The lowest BCUT2D eigenvalue weighted by molar-refractivity contribution is 0.305. The van der Waals surface area contributed by atoms with Crippen molar-refractivity contribution in [1.82, 2.24) is 9.97 Å².